The Morgan fingerprint density at radius 3 is 2.85 bits per heavy atom. The molecule has 1 aliphatic rings. The van der Waals surface area contributed by atoms with E-state index in [1.165, 1.54) is 0 Å². The Morgan fingerprint density at radius 2 is 2.19 bits per heavy atom. The van der Waals surface area contributed by atoms with E-state index >= 15 is 0 Å². The highest BCUT2D eigenvalue weighted by Crippen LogP contribution is 2.33. The van der Waals surface area contributed by atoms with E-state index in [-0.39, 0.29) is 18.0 Å². The van der Waals surface area contributed by atoms with E-state index in [4.69, 9.17) is 4.74 Å². The van der Waals surface area contributed by atoms with Crippen LogP contribution in [0.25, 0.3) is 0 Å². The van der Waals surface area contributed by atoms with Crippen LogP contribution in [0.3, 0.4) is 0 Å². The number of hydrogen-bond donors (Lipinski definition) is 2. The molecule has 1 amide bonds. The normalized spacial score (nSPS) is 22.1. The van der Waals surface area contributed by atoms with Crippen LogP contribution in [0.15, 0.2) is 36.7 Å². The van der Waals surface area contributed by atoms with Crippen molar-refractivity contribution in [2.24, 2.45) is 0 Å². The Hall–Kier alpha value is -2.38. The molecular weight excluding hydrogens is 332 g/mol. The van der Waals surface area contributed by atoms with Crippen molar-refractivity contribution in [3.8, 4) is 5.75 Å². The molecule has 0 unspecified atom stereocenters. The summed E-state index contributed by atoms with van der Waals surface area (Å²) in [4.78, 5) is 14.8. The number of para-hydroxylation sites is 1. The van der Waals surface area contributed by atoms with Gasteiger partial charge in [-0.25, -0.2) is 0 Å². The summed E-state index contributed by atoms with van der Waals surface area (Å²) in [5, 5.41) is 17.4. The molecule has 3 atom stereocenters. The molecule has 26 heavy (non-hydrogen) atoms. The number of hydrogen-bond acceptors (Lipinski definition) is 5. The lowest BCUT2D eigenvalue weighted by Crippen LogP contribution is -2.56. The van der Waals surface area contributed by atoms with Gasteiger partial charge >= 0.3 is 0 Å². The quantitative estimate of drug-likeness (QED) is 0.778. The zero-order valence-electron chi connectivity index (χ0n) is 15.4. The standard InChI is InChI=1S/C19H26N4O3/c1-13-11-20-23(12-13)18-15(10-16(18)24)21-19(25)14-6-4-5-7-17(14)26-9-8-22(2)3/h4-7,11-12,15-16,18,24H,8-10H2,1-3H3,(H,21,25)/t15-,16+,18+/m0/s1. The van der Waals surface area contributed by atoms with Gasteiger partial charge in [-0.05, 0) is 45.1 Å². The Balaban J connectivity index is 1.66. The number of aromatic nitrogens is 2. The number of likely N-dealkylation sites (N-methyl/N-ethyl adjacent to an activating group) is 1. The predicted octanol–water partition coefficient (Wildman–Crippen LogP) is 1.24. The van der Waals surface area contributed by atoms with Gasteiger partial charge in [0.2, 0.25) is 0 Å². The maximum atomic E-state index is 12.7. The summed E-state index contributed by atoms with van der Waals surface area (Å²) in [6.07, 6.45) is 3.63. The second-order valence-electron chi connectivity index (χ2n) is 7.02. The number of aliphatic hydroxyl groups excluding tert-OH is 1. The molecule has 1 saturated carbocycles. The summed E-state index contributed by atoms with van der Waals surface area (Å²) in [5.41, 5.74) is 1.52. The Kier molecular flexibility index (Phi) is 5.58. The highest BCUT2D eigenvalue weighted by atomic mass is 16.5. The van der Waals surface area contributed by atoms with E-state index in [0.717, 1.165) is 12.1 Å². The summed E-state index contributed by atoms with van der Waals surface area (Å²) in [6.45, 7) is 3.23. The van der Waals surface area contributed by atoms with Crippen LogP contribution >= 0.6 is 0 Å². The molecule has 1 fully saturated rings. The molecule has 0 spiro atoms. The lowest BCUT2D eigenvalue weighted by Gasteiger charge is -2.41. The van der Waals surface area contributed by atoms with Gasteiger partial charge in [0.25, 0.3) is 5.91 Å². The number of aryl methyl sites for hydroxylation is 1. The fourth-order valence-corrected chi connectivity index (χ4v) is 3.08. The van der Waals surface area contributed by atoms with Crippen molar-refractivity contribution < 1.29 is 14.6 Å². The lowest BCUT2D eigenvalue weighted by atomic mass is 9.83. The second-order valence-corrected chi connectivity index (χ2v) is 7.02. The number of nitrogens with one attached hydrogen (secondary N) is 1. The van der Waals surface area contributed by atoms with Crippen molar-refractivity contribution in [1.82, 2.24) is 20.0 Å². The topological polar surface area (TPSA) is 79.6 Å². The first kappa shape index (κ1) is 18.4. The maximum absolute atomic E-state index is 12.7. The molecule has 0 aliphatic heterocycles. The minimum atomic E-state index is -0.508. The number of benzene rings is 1. The molecule has 1 aromatic heterocycles. The molecule has 140 valence electrons. The van der Waals surface area contributed by atoms with Gasteiger partial charge in [-0.3, -0.25) is 9.48 Å². The minimum Gasteiger partial charge on any atom is -0.491 e. The number of ether oxygens (including phenoxy) is 1. The molecule has 1 heterocycles. The molecule has 0 radical (unpaired) electrons. The molecular formula is C19H26N4O3. The molecule has 7 nitrogen and oxygen atoms in total. The van der Waals surface area contributed by atoms with Gasteiger partial charge in [-0.15, -0.1) is 0 Å². The van der Waals surface area contributed by atoms with Gasteiger partial charge in [0.15, 0.2) is 0 Å². The van der Waals surface area contributed by atoms with Crippen LogP contribution in [0, 0.1) is 6.92 Å². The lowest BCUT2D eigenvalue weighted by molar-refractivity contribution is -0.00593. The molecule has 0 saturated heterocycles. The second kappa shape index (κ2) is 7.88. The summed E-state index contributed by atoms with van der Waals surface area (Å²) in [7, 11) is 3.95. The van der Waals surface area contributed by atoms with Gasteiger partial charge < -0.3 is 20.1 Å². The Labute approximate surface area is 153 Å². The smallest absolute Gasteiger partial charge is 0.255 e. The third-order valence-electron chi connectivity index (χ3n) is 4.58. The number of amides is 1. The van der Waals surface area contributed by atoms with Crippen LogP contribution in [-0.4, -0.2) is 65.1 Å². The van der Waals surface area contributed by atoms with Crippen molar-refractivity contribution in [1.29, 1.82) is 0 Å². The Bertz CT molecular complexity index is 759. The molecule has 2 N–H and O–H groups in total. The van der Waals surface area contributed by atoms with Crippen LogP contribution in [0.1, 0.15) is 28.4 Å². The van der Waals surface area contributed by atoms with Crippen molar-refractivity contribution >= 4 is 5.91 Å². The zero-order valence-corrected chi connectivity index (χ0v) is 15.4. The molecule has 2 aromatic rings. The molecule has 1 aliphatic carbocycles. The number of nitrogens with zero attached hydrogens (tertiary/aromatic N) is 3. The fourth-order valence-electron chi connectivity index (χ4n) is 3.08. The summed E-state index contributed by atoms with van der Waals surface area (Å²) >= 11 is 0. The van der Waals surface area contributed by atoms with Crippen LogP contribution < -0.4 is 10.1 Å². The molecule has 3 rings (SSSR count). The summed E-state index contributed by atoms with van der Waals surface area (Å²) < 4.78 is 7.50. The highest BCUT2D eigenvalue weighted by Gasteiger charge is 2.43. The van der Waals surface area contributed by atoms with Crippen molar-refractivity contribution in [3.05, 3.63) is 47.8 Å². The maximum Gasteiger partial charge on any atom is 0.255 e. The van der Waals surface area contributed by atoms with Crippen molar-refractivity contribution in [2.45, 2.75) is 31.5 Å². The monoisotopic (exact) mass is 358 g/mol. The first-order valence-corrected chi connectivity index (χ1v) is 8.82. The third-order valence-corrected chi connectivity index (χ3v) is 4.58. The average Bonchev–Trinajstić information content (AvgIpc) is 2.99. The fraction of sp³-hybridized carbons (Fsp3) is 0.474. The summed E-state index contributed by atoms with van der Waals surface area (Å²) in [6, 6.07) is 6.82. The Morgan fingerprint density at radius 1 is 1.42 bits per heavy atom. The van der Waals surface area contributed by atoms with Crippen molar-refractivity contribution in [3.63, 3.8) is 0 Å². The van der Waals surface area contributed by atoms with Crippen LogP contribution in [0.2, 0.25) is 0 Å². The minimum absolute atomic E-state index is 0.161. The largest absolute Gasteiger partial charge is 0.491 e. The number of aliphatic hydroxyl groups is 1. The molecule has 0 bridgehead atoms. The van der Waals surface area contributed by atoms with Gasteiger partial charge in [0, 0.05) is 12.7 Å². The average molecular weight is 358 g/mol. The zero-order chi connectivity index (χ0) is 18.7. The molecule has 7 heteroatoms. The van der Waals surface area contributed by atoms with E-state index in [9.17, 15) is 9.90 Å². The summed E-state index contributed by atoms with van der Waals surface area (Å²) in [5.74, 6) is 0.370. The van der Waals surface area contributed by atoms with Gasteiger partial charge in [0.05, 0.1) is 29.9 Å². The SMILES string of the molecule is Cc1cnn([C@H]2[C@H](O)C[C@@H]2NC(=O)c2ccccc2OCCN(C)C)c1. The number of rotatable bonds is 7. The van der Waals surface area contributed by atoms with Gasteiger partial charge in [-0.1, -0.05) is 12.1 Å². The van der Waals surface area contributed by atoms with Crippen molar-refractivity contribution in [2.75, 3.05) is 27.2 Å². The van der Waals surface area contributed by atoms with Crippen LogP contribution in [0.5, 0.6) is 5.75 Å². The third kappa shape index (κ3) is 4.05. The van der Waals surface area contributed by atoms with E-state index < -0.39 is 6.10 Å². The van der Waals surface area contributed by atoms with E-state index in [2.05, 4.69) is 10.4 Å². The highest BCUT2D eigenvalue weighted by molar-refractivity contribution is 5.97. The first-order chi connectivity index (χ1) is 12.5. The number of carbonyl (C=O) groups is 1. The van der Waals surface area contributed by atoms with E-state index in [1.54, 1.807) is 23.0 Å². The first-order valence-electron chi connectivity index (χ1n) is 8.82. The van der Waals surface area contributed by atoms with E-state index in [1.807, 2.05) is 44.2 Å². The van der Waals surface area contributed by atoms with Gasteiger partial charge in [-0.2, -0.15) is 5.10 Å². The predicted molar refractivity (Wildman–Crippen MR) is 98.4 cm³/mol. The van der Waals surface area contributed by atoms with E-state index in [0.29, 0.717) is 24.3 Å². The number of carbonyl (C=O) groups excluding carboxylic acids is 1. The van der Waals surface area contributed by atoms with Crippen LogP contribution in [0.4, 0.5) is 0 Å². The molecule has 1 aromatic carbocycles. The van der Waals surface area contributed by atoms with Gasteiger partial charge in [0.1, 0.15) is 12.4 Å². The van der Waals surface area contributed by atoms with Crippen LogP contribution in [-0.2, 0) is 0 Å².